The molecule has 6 heteroatoms. The molecule has 0 saturated heterocycles. The van der Waals surface area contributed by atoms with E-state index in [1.54, 1.807) is 47.5 Å². The van der Waals surface area contributed by atoms with Crippen LogP contribution in [0.3, 0.4) is 0 Å². The lowest BCUT2D eigenvalue weighted by Gasteiger charge is -2.10. The lowest BCUT2D eigenvalue weighted by atomic mass is 10.2. The predicted octanol–water partition coefficient (Wildman–Crippen LogP) is 2.34. The van der Waals surface area contributed by atoms with Crippen LogP contribution in [0.2, 0.25) is 0 Å². The van der Waals surface area contributed by atoms with E-state index in [1.165, 1.54) is 12.1 Å². The maximum atomic E-state index is 13.6. The minimum absolute atomic E-state index is 0.0204. The Balaban J connectivity index is 1.78. The van der Waals surface area contributed by atoms with E-state index in [0.29, 0.717) is 5.82 Å². The van der Waals surface area contributed by atoms with Crippen LogP contribution >= 0.6 is 0 Å². The number of carbonyl (C=O) groups excluding carboxylic acids is 1. The summed E-state index contributed by atoms with van der Waals surface area (Å²) in [6.45, 7) is 0.232. The second-order valence-electron chi connectivity index (χ2n) is 4.60. The van der Waals surface area contributed by atoms with E-state index in [-0.39, 0.29) is 12.1 Å². The Kier molecular flexibility index (Phi) is 3.91. The quantitative estimate of drug-likeness (QED) is 0.804. The standard InChI is InChI=1S/C16H13FN4O/c17-14-7-2-1-6-13(14)16(22)19-11-12-5-3-8-18-15(12)21-10-4-9-20-21/h1-10H,11H2,(H,19,22). The van der Waals surface area contributed by atoms with Gasteiger partial charge in [0.05, 0.1) is 5.56 Å². The van der Waals surface area contributed by atoms with Crippen molar-refractivity contribution in [1.29, 1.82) is 0 Å². The summed E-state index contributed by atoms with van der Waals surface area (Å²) in [5.41, 5.74) is 0.808. The van der Waals surface area contributed by atoms with Crippen molar-refractivity contribution in [3.8, 4) is 5.82 Å². The number of rotatable bonds is 4. The molecule has 0 atom stereocenters. The summed E-state index contributed by atoms with van der Waals surface area (Å²) in [4.78, 5) is 16.3. The first kappa shape index (κ1) is 13.9. The fraction of sp³-hybridized carbons (Fsp3) is 0.0625. The number of nitrogens with zero attached hydrogens (tertiary/aromatic N) is 3. The molecule has 0 spiro atoms. The molecule has 0 aliphatic rings. The molecule has 0 aliphatic heterocycles. The van der Waals surface area contributed by atoms with Gasteiger partial charge in [-0.25, -0.2) is 14.1 Å². The zero-order chi connectivity index (χ0) is 15.4. The highest BCUT2D eigenvalue weighted by Gasteiger charge is 2.12. The first-order valence-electron chi connectivity index (χ1n) is 6.72. The van der Waals surface area contributed by atoms with Crippen LogP contribution in [0.5, 0.6) is 0 Å². The highest BCUT2D eigenvalue weighted by molar-refractivity contribution is 5.94. The van der Waals surface area contributed by atoms with Crippen LogP contribution in [0.15, 0.2) is 61.1 Å². The lowest BCUT2D eigenvalue weighted by molar-refractivity contribution is 0.0947. The van der Waals surface area contributed by atoms with Gasteiger partial charge in [-0.05, 0) is 24.3 Å². The van der Waals surface area contributed by atoms with Crippen molar-refractivity contribution in [2.75, 3.05) is 0 Å². The molecule has 0 saturated carbocycles. The summed E-state index contributed by atoms with van der Waals surface area (Å²) >= 11 is 0. The number of nitrogens with one attached hydrogen (secondary N) is 1. The topological polar surface area (TPSA) is 59.8 Å². The van der Waals surface area contributed by atoms with Crippen LogP contribution in [-0.4, -0.2) is 20.7 Å². The molecule has 3 rings (SSSR count). The molecule has 22 heavy (non-hydrogen) atoms. The Bertz CT molecular complexity index is 786. The fourth-order valence-corrected chi connectivity index (χ4v) is 2.08. The molecule has 0 radical (unpaired) electrons. The predicted molar refractivity (Wildman–Crippen MR) is 78.9 cm³/mol. The van der Waals surface area contributed by atoms with Crippen LogP contribution in [0, 0.1) is 5.82 Å². The number of pyridine rings is 1. The number of amides is 1. The van der Waals surface area contributed by atoms with Crippen molar-refractivity contribution in [2.45, 2.75) is 6.54 Å². The van der Waals surface area contributed by atoms with Crippen LogP contribution in [0.25, 0.3) is 5.82 Å². The van der Waals surface area contributed by atoms with Gasteiger partial charge in [0.15, 0.2) is 5.82 Å². The Morgan fingerprint density at radius 2 is 2.00 bits per heavy atom. The van der Waals surface area contributed by atoms with E-state index in [4.69, 9.17) is 0 Å². The molecule has 5 nitrogen and oxygen atoms in total. The minimum Gasteiger partial charge on any atom is -0.348 e. The molecular formula is C16H13FN4O. The molecule has 0 unspecified atom stereocenters. The van der Waals surface area contributed by atoms with E-state index in [1.807, 2.05) is 6.07 Å². The summed E-state index contributed by atoms with van der Waals surface area (Å²) in [7, 11) is 0. The number of benzene rings is 1. The van der Waals surface area contributed by atoms with Gasteiger partial charge in [0.25, 0.3) is 5.91 Å². The van der Waals surface area contributed by atoms with Crippen molar-refractivity contribution in [3.63, 3.8) is 0 Å². The third-order valence-corrected chi connectivity index (χ3v) is 3.15. The summed E-state index contributed by atoms with van der Waals surface area (Å²) in [5, 5.41) is 6.83. The fourth-order valence-electron chi connectivity index (χ4n) is 2.08. The normalized spacial score (nSPS) is 10.4. The summed E-state index contributed by atoms with van der Waals surface area (Å²) < 4.78 is 15.2. The average Bonchev–Trinajstić information content (AvgIpc) is 3.07. The summed E-state index contributed by atoms with van der Waals surface area (Å²) in [5.74, 6) is -0.381. The molecule has 1 amide bonds. The smallest absolute Gasteiger partial charge is 0.254 e. The molecule has 2 heterocycles. The van der Waals surface area contributed by atoms with Crippen LogP contribution in [0.4, 0.5) is 4.39 Å². The number of aromatic nitrogens is 3. The molecule has 3 aromatic rings. The van der Waals surface area contributed by atoms with Gasteiger partial charge in [-0.15, -0.1) is 0 Å². The largest absolute Gasteiger partial charge is 0.348 e. The molecular weight excluding hydrogens is 283 g/mol. The van der Waals surface area contributed by atoms with Gasteiger partial charge >= 0.3 is 0 Å². The van der Waals surface area contributed by atoms with Crippen molar-refractivity contribution in [3.05, 3.63) is 78.0 Å². The van der Waals surface area contributed by atoms with Gasteiger partial charge in [-0.2, -0.15) is 5.10 Å². The molecule has 0 fully saturated rings. The average molecular weight is 296 g/mol. The second-order valence-corrected chi connectivity index (χ2v) is 4.60. The molecule has 2 aromatic heterocycles. The van der Waals surface area contributed by atoms with Crippen LogP contribution < -0.4 is 5.32 Å². The maximum absolute atomic E-state index is 13.6. The minimum atomic E-state index is -0.543. The first-order chi connectivity index (χ1) is 10.8. The zero-order valence-corrected chi connectivity index (χ0v) is 11.6. The highest BCUT2D eigenvalue weighted by Crippen LogP contribution is 2.11. The third-order valence-electron chi connectivity index (χ3n) is 3.15. The first-order valence-corrected chi connectivity index (χ1v) is 6.72. The summed E-state index contributed by atoms with van der Waals surface area (Å²) in [6.07, 6.45) is 5.07. The van der Waals surface area contributed by atoms with Crippen LogP contribution in [-0.2, 0) is 6.54 Å². The van der Waals surface area contributed by atoms with E-state index in [0.717, 1.165) is 5.56 Å². The van der Waals surface area contributed by atoms with E-state index in [9.17, 15) is 9.18 Å². The van der Waals surface area contributed by atoms with Gasteiger partial charge < -0.3 is 5.32 Å². The van der Waals surface area contributed by atoms with Gasteiger partial charge in [-0.1, -0.05) is 18.2 Å². The van der Waals surface area contributed by atoms with Crippen LogP contribution in [0.1, 0.15) is 15.9 Å². The van der Waals surface area contributed by atoms with Crippen molar-refractivity contribution < 1.29 is 9.18 Å². The SMILES string of the molecule is O=C(NCc1cccnc1-n1cccn1)c1ccccc1F. The second kappa shape index (κ2) is 6.17. The Labute approximate surface area is 126 Å². The van der Waals surface area contributed by atoms with Gasteiger partial charge in [0.2, 0.25) is 0 Å². The van der Waals surface area contributed by atoms with Gasteiger partial charge in [0.1, 0.15) is 5.82 Å². The Morgan fingerprint density at radius 3 is 2.77 bits per heavy atom. The summed E-state index contributed by atoms with van der Waals surface area (Å²) in [6, 6.07) is 11.3. The molecule has 0 bridgehead atoms. The van der Waals surface area contributed by atoms with Crippen molar-refractivity contribution >= 4 is 5.91 Å². The van der Waals surface area contributed by atoms with E-state index < -0.39 is 11.7 Å². The molecule has 110 valence electrons. The van der Waals surface area contributed by atoms with E-state index in [2.05, 4.69) is 15.4 Å². The zero-order valence-electron chi connectivity index (χ0n) is 11.6. The van der Waals surface area contributed by atoms with Gasteiger partial charge in [0, 0.05) is 30.7 Å². The lowest BCUT2D eigenvalue weighted by Crippen LogP contribution is -2.24. The molecule has 1 aromatic carbocycles. The number of halogens is 1. The number of hydrogen-bond donors (Lipinski definition) is 1. The highest BCUT2D eigenvalue weighted by atomic mass is 19.1. The molecule has 1 N–H and O–H groups in total. The third kappa shape index (κ3) is 2.85. The Hall–Kier alpha value is -3.02. The van der Waals surface area contributed by atoms with Crippen molar-refractivity contribution in [2.24, 2.45) is 0 Å². The number of carbonyl (C=O) groups is 1. The van der Waals surface area contributed by atoms with Crippen molar-refractivity contribution in [1.82, 2.24) is 20.1 Å². The molecule has 0 aliphatic carbocycles. The van der Waals surface area contributed by atoms with E-state index >= 15 is 0 Å². The maximum Gasteiger partial charge on any atom is 0.254 e. The number of hydrogen-bond acceptors (Lipinski definition) is 3. The monoisotopic (exact) mass is 296 g/mol. The van der Waals surface area contributed by atoms with Gasteiger partial charge in [-0.3, -0.25) is 4.79 Å². The Morgan fingerprint density at radius 1 is 1.14 bits per heavy atom.